The molecule has 3 rings (SSSR count). The van der Waals surface area contributed by atoms with E-state index in [2.05, 4.69) is 26.1 Å². The van der Waals surface area contributed by atoms with Crippen molar-refractivity contribution in [3.8, 4) is 0 Å². The number of alkyl carbamates (subject to hydrolysis) is 1. The molecular weight excluding hydrogens is 702 g/mol. The molecule has 2 amide bonds. The van der Waals surface area contributed by atoms with E-state index >= 15 is 8.78 Å². The predicted octanol–water partition coefficient (Wildman–Crippen LogP) is 8.48. The van der Waals surface area contributed by atoms with E-state index in [0.717, 1.165) is 0 Å². The molecule has 5 nitrogen and oxygen atoms in total. The van der Waals surface area contributed by atoms with Gasteiger partial charge in [-0.1, -0.05) is 0 Å². The second-order valence-electron chi connectivity index (χ2n) is 14.2. The van der Waals surface area contributed by atoms with E-state index in [1.165, 1.54) is 0 Å². The number of nitrogens with one attached hydrogen (secondary N) is 2. The maximum absolute atomic E-state index is 15.5. The Kier molecular flexibility index (Phi) is 11.6. The van der Waals surface area contributed by atoms with E-state index in [9.17, 15) is 22.8 Å². The number of hydrogen-bond donors (Lipinski definition) is 2. The first-order valence-corrected chi connectivity index (χ1v) is 19.9. The third-order valence-corrected chi connectivity index (χ3v) is 17.2. The van der Waals surface area contributed by atoms with Gasteiger partial charge in [0, 0.05) is 0 Å². The van der Waals surface area contributed by atoms with Gasteiger partial charge in [-0.05, 0) is 0 Å². The Morgan fingerprint density at radius 3 is 1.55 bits per heavy atom. The summed E-state index contributed by atoms with van der Waals surface area (Å²) in [7, 11) is 0. The molecule has 3 aromatic rings. The number of carbonyl (C=O) groups excluding carboxylic acids is 2. The van der Waals surface area contributed by atoms with Crippen molar-refractivity contribution < 1.29 is 36.3 Å². The van der Waals surface area contributed by atoms with Crippen molar-refractivity contribution in [3.63, 3.8) is 0 Å². The molecule has 47 heavy (non-hydrogen) atoms. The van der Waals surface area contributed by atoms with E-state index in [1.807, 2.05) is 13.8 Å². The second-order valence-corrected chi connectivity index (χ2v) is 23.8. The van der Waals surface area contributed by atoms with Gasteiger partial charge in [0.05, 0.1) is 0 Å². The van der Waals surface area contributed by atoms with Gasteiger partial charge in [0.25, 0.3) is 0 Å². The summed E-state index contributed by atoms with van der Waals surface area (Å²) in [5.41, 5.74) is -2.54. The van der Waals surface area contributed by atoms with Crippen molar-refractivity contribution in [1.29, 1.82) is 0 Å². The fraction of sp³-hybridized carbons (Fsp3) is 0.429. The Bertz CT molecular complexity index is 1530. The predicted molar refractivity (Wildman–Crippen MR) is 182 cm³/mol. The van der Waals surface area contributed by atoms with Gasteiger partial charge in [0.15, 0.2) is 0 Å². The maximum atomic E-state index is 15.5. The molecule has 0 fully saturated rings. The molecule has 2 atom stereocenters. The molecule has 3 aromatic carbocycles. The van der Waals surface area contributed by atoms with Gasteiger partial charge in [-0.25, -0.2) is 0 Å². The van der Waals surface area contributed by atoms with Crippen LogP contribution in [0.4, 0.5) is 26.7 Å². The molecule has 0 unspecified atom stereocenters. The number of amides is 2. The fourth-order valence-electron chi connectivity index (χ4n) is 5.47. The quantitative estimate of drug-likeness (QED) is 0.0948. The first-order chi connectivity index (χ1) is 21.6. The van der Waals surface area contributed by atoms with Gasteiger partial charge < -0.3 is 0 Å². The summed E-state index contributed by atoms with van der Waals surface area (Å²) in [5.74, 6) is -11.0. The summed E-state index contributed by atoms with van der Waals surface area (Å²) in [6.07, 6.45) is -1.36. The fourth-order valence-corrected chi connectivity index (χ4v) is 13.8. The summed E-state index contributed by atoms with van der Waals surface area (Å²) < 4.78 is 79.8. The number of ether oxygens (including phenoxy) is 1. The minimum absolute atomic E-state index is 0.0197. The average Bonchev–Trinajstić information content (AvgIpc) is 2.99. The van der Waals surface area contributed by atoms with Crippen molar-refractivity contribution in [3.05, 3.63) is 95.3 Å². The number of carbonyl (C=O) groups is 2. The van der Waals surface area contributed by atoms with Crippen molar-refractivity contribution in [2.75, 3.05) is 6.16 Å². The van der Waals surface area contributed by atoms with Gasteiger partial charge in [0.2, 0.25) is 0 Å². The molecule has 12 heteroatoms. The van der Waals surface area contributed by atoms with E-state index in [-0.39, 0.29) is 12.1 Å². The van der Waals surface area contributed by atoms with Crippen molar-refractivity contribution >= 4 is 43.4 Å². The molecule has 0 saturated heterocycles. The monoisotopic (exact) mass is 744 g/mol. The molecule has 0 saturated carbocycles. The zero-order chi connectivity index (χ0) is 35.6. The number of benzene rings is 3. The number of rotatable bonds is 10. The third-order valence-electron chi connectivity index (χ3n) is 7.98. The first kappa shape index (κ1) is 38.4. The topological polar surface area (TPSA) is 67.4 Å². The van der Waals surface area contributed by atoms with Gasteiger partial charge >= 0.3 is 282 Å². The van der Waals surface area contributed by atoms with E-state index < -0.39 is 81.2 Å². The van der Waals surface area contributed by atoms with Crippen LogP contribution in [0.15, 0.2) is 60.7 Å². The van der Waals surface area contributed by atoms with E-state index in [4.69, 9.17) is 4.74 Å². The SMILES string of the molecule is CC(C)[C@@H](CP(Br)(Cc1c(F)c(F)c(F)c(F)c1F)(c1ccccc1)c1ccccc1)NC(=O)[C@@H](NC(=O)OC(C)(C)C)C(C)(C)C. The molecule has 0 aliphatic rings. The minimum atomic E-state index is -4.23. The first-order valence-electron chi connectivity index (χ1n) is 15.2. The van der Waals surface area contributed by atoms with Crippen molar-refractivity contribution in [2.45, 2.75) is 79.2 Å². The van der Waals surface area contributed by atoms with Crippen LogP contribution in [0, 0.1) is 40.4 Å². The molecule has 0 bridgehead atoms. The van der Waals surface area contributed by atoms with Crippen LogP contribution in [0.25, 0.3) is 0 Å². The third kappa shape index (κ3) is 8.52. The Morgan fingerprint density at radius 1 is 0.745 bits per heavy atom. The van der Waals surface area contributed by atoms with Crippen LogP contribution in [0.3, 0.4) is 0 Å². The van der Waals surface area contributed by atoms with Crippen molar-refractivity contribution in [1.82, 2.24) is 10.6 Å². The Hall–Kier alpha value is -3.04. The van der Waals surface area contributed by atoms with E-state index in [0.29, 0.717) is 10.6 Å². The molecule has 2 N–H and O–H groups in total. The van der Waals surface area contributed by atoms with E-state index in [1.54, 1.807) is 102 Å². The molecular formula is C35H43BrF5N2O3P. The molecule has 0 aliphatic heterocycles. The van der Waals surface area contributed by atoms with Crippen LogP contribution in [0.2, 0.25) is 0 Å². The zero-order valence-corrected chi connectivity index (χ0v) is 30.3. The summed E-state index contributed by atoms with van der Waals surface area (Å²) >= 11 is 4.01. The van der Waals surface area contributed by atoms with Crippen LogP contribution >= 0.6 is 20.8 Å². The summed E-state index contributed by atoms with van der Waals surface area (Å²) in [6, 6.07) is 15.6. The van der Waals surface area contributed by atoms with Gasteiger partial charge in [-0.15, -0.1) is 0 Å². The summed E-state index contributed by atoms with van der Waals surface area (Å²) in [5, 5.41) is 2.65. The van der Waals surface area contributed by atoms with Gasteiger partial charge in [-0.2, -0.15) is 0 Å². The molecule has 258 valence electrons. The van der Waals surface area contributed by atoms with Crippen LogP contribution in [0.1, 0.15) is 61.0 Å². The average molecular weight is 746 g/mol. The Morgan fingerprint density at radius 2 is 1.17 bits per heavy atom. The molecule has 0 radical (unpaired) electrons. The molecule has 0 aromatic heterocycles. The summed E-state index contributed by atoms with van der Waals surface area (Å²) in [6.45, 7) is 14.1. The normalized spacial score (nSPS) is 14.6. The molecule has 0 heterocycles. The zero-order valence-electron chi connectivity index (χ0n) is 27.9. The number of hydrogen-bond acceptors (Lipinski definition) is 3. The van der Waals surface area contributed by atoms with Crippen LogP contribution in [0.5, 0.6) is 0 Å². The molecule has 0 spiro atoms. The summed E-state index contributed by atoms with van der Waals surface area (Å²) in [4.78, 5) is 26.8. The number of halogens is 6. The standard InChI is InChI=1S/C35H43BrF5N2O3P/c1-21(2)25(42-32(44)31(34(3,4)5)43-33(45)46-35(6,7)8)20-47(36,22-15-11-9-12-16-22,23-17-13-10-14-18-23)19-24-26(37)28(39)30(41)29(40)27(24)38/h9-18,21,25,31H,19-20H2,1-8H3,(H,42,44)(H,43,45)/t25-,31-/m1/s1. The van der Waals surface area contributed by atoms with Crippen LogP contribution in [-0.4, -0.2) is 35.8 Å². The van der Waals surface area contributed by atoms with Gasteiger partial charge in [-0.3, -0.25) is 0 Å². The van der Waals surface area contributed by atoms with Crippen molar-refractivity contribution in [2.24, 2.45) is 11.3 Å². The van der Waals surface area contributed by atoms with Crippen LogP contribution < -0.4 is 21.2 Å². The van der Waals surface area contributed by atoms with Gasteiger partial charge in [0.1, 0.15) is 0 Å². The van der Waals surface area contributed by atoms with Crippen LogP contribution in [-0.2, 0) is 15.7 Å². The Balaban J connectivity index is 2.25. The Labute approximate surface area is 281 Å². The molecule has 0 aliphatic carbocycles. The second kappa shape index (κ2) is 14.2.